The molecular formula is C36H35N3O7S2. The number of carbonyl (C=O) groups excluding carboxylic acids is 4. The van der Waals surface area contributed by atoms with Gasteiger partial charge in [-0.2, -0.15) is 0 Å². The maximum atomic E-state index is 14.3. The largest absolute Gasteiger partial charge is 0.497 e. The zero-order chi connectivity index (χ0) is 34.3. The first-order valence-electron chi connectivity index (χ1n) is 15.5. The number of thiazole rings is 1. The number of rotatable bonds is 8. The van der Waals surface area contributed by atoms with E-state index < -0.39 is 34.9 Å². The van der Waals surface area contributed by atoms with Crippen LogP contribution in [0.4, 0.5) is 11.4 Å². The molecule has 3 amide bonds. The second-order valence-electron chi connectivity index (χ2n) is 12.6. The average molecular weight is 686 g/mol. The van der Waals surface area contributed by atoms with Gasteiger partial charge in [-0.3, -0.25) is 23.7 Å². The van der Waals surface area contributed by atoms with Gasteiger partial charge in [0.1, 0.15) is 17.5 Å². The van der Waals surface area contributed by atoms with Crippen molar-refractivity contribution in [1.29, 1.82) is 0 Å². The number of hydrogen-bond donors (Lipinski definition) is 1. The Bertz CT molecular complexity index is 1940. The van der Waals surface area contributed by atoms with Gasteiger partial charge in [0.2, 0.25) is 17.7 Å². The number of esters is 1. The Morgan fingerprint density at radius 1 is 0.896 bits per heavy atom. The zero-order valence-corrected chi connectivity index (χ0v) is 28.8. The Kier molecular flexibility index (Phi) is 9.06. The van der Waals surface area contributed by atoms with Crippen molar-refractivity contribution >= 4 is 58.2 Å². The summed E-state index contributed by atoms with van der Waals surface area (Å²) >= 11 is 2.15. The van der Waals surface area contributed by atoms with Gasteiger partial charge in [-0.15, -0.1) is 0 Å². The molecule has 10 nitrogen and oxygen atoms in total. The molecule has 48 heavy (non-hydrogen) atoms. The number of ether oxygens (including phenoxy) is 2. The lowest BCUT2D eigenvalue weighted by Gasteiger charge is -2.31. The van der Waals surface area contributed by atoms with Crippen molar-refractivity contribution in [2.45, 2.75) is 55.8 Å². The van der Waals surface area contributed by atoms with Crippen LogP contribution in [0.5, 0.6) is 5.75 Å². The van der Waals surface area contributed by atoms with Gasteiger partial charge in [-0.1, -0.05) is 68.1 Å². The highest BCUT2D eigenvalue weighted by Crippen LogP contribution is 2.54. The van der Waals surface area contributed by atoms with Gasteiger partial charge in [0.25, 0.3) is 0 Å². The maximum Gasteiger partial charge on any atom is 0.338 e. The van der Waals surface area contributed by atoms with Crippen LogP contribution < -0.4 is 19.8 Å². The lowest BCUT2D eigenvalue weighted by atomic mass is 9.81. The van der Waals surface area contributed by atoms with Gasteiger partial charge < -0.3 is 14.8 Å². The van der Waals surface area contributed by atoms with Gasteiger partial charge in [0.15, 0.2) is 0 Å². The van der Waals surface area contributed by atoms with Crippen molar-refractivity contribution in [2.24, 2.45) is 5.92 Å². The number of hydrogen-bond acceptors (Lipinski definition) is 9. The molecule has 1 saturated heterocycles. The first kappa shape index (κ1) is 33.2. The molecule has 1 fully saturated rings. The highest BCUT2D eigenvalue weighted by atomic mass is 32.2. The Hall–Kier alpha value is -4.68. The average Bonchev–Trinajstić information content (AvgIpc) is 3.51. The normalized spacial score (nSPS) is 18.7. The van der Waals surface area contributed by atoms with E-state index in [1.54, 1.807) is 50.4 Å². The first-order valence-corrected chi connectivity index (χ1v) is 17.2. The molecule has 0 spiro atoms. The molecule has 1 aromatic heterocycles. The number of nitrogens with zero attached hydrogens (tertiary/aromatic N) is 2. The molecule has 2 aliphatic heterocycles. The molecule has 0 saturated carbocycles. The number of benzene rings is 3. The van der Waals surface area contributed by atoms with Crippen molar-refractivity contribution < 1.29 is 28.7 Å². The molecule has 3 heterocycles. The van der Waals surface area contributed by atoms with Crippen LogP contribution in [0.2, 0.25) is 0 Å². The smallest absolute Gasteiger partial charge is 0.338 e. The molecule has 2 unspecified atom stereocenters. The number of amides is 3. The molecule has 3 aromatic carbocycles. The fraction of sp³-hybridized carbons (Fsp3) is 0.306. The quantitative estimate of drug-likeness (QED) is 0.182. The van der Waals surface area contributed by atoms with E-state index in [4.69, 9.17) is 9.47 Å². The molecular weight excluding hydrogens is 651 g/mol. The molecule has 4 aromatic rings. The number of carbonyl (C=O) groups is 4. The topological polar surface area (TPSA) is 124 Å². The molecule has 6 rings (SSSR count). The Morgan fingerprint density at radius 3 is 2.17 bits per heavy atom. The summed E-state index contributed by atoms with van der Waals surface area (Å²) in [4.78, 5) is 68.7. The highest BCUT2D eigenvalue weighted by Gasteiger charge is 2.56. The van der Waals surface area contributed by atoms with E-state index in [1.165, 1.54) is 21.6 Å². The number of fused-ring (bicyclic) bond motifs is 2. The van der Waals surface area contributed by atoms with Gasteiger partial charge in [-0.05, 0) is 72.0 Å². The van der Waals surface area contributed by atoms with Gasteiger partial charge in [0.05, 0.1) is 35.9 Å². The molecule has 0 bridgehead atoms. The predicted molar refractivity (Wildman–Crippen MR) is 185 cm³/mol. The third-order valence-corrected chi connectivity index (χ3v) is 11.1. The van der Waals surface area contributed by atoms with E-state index >= 15 is 0 Å². The van der Waals surface area contributed by atoms with Gasteiger partial charge >= 0.3 is 10.8 Å². The molecule has 1 N–H and O–H groups in total. The van der Waals surface area contributed by atoms with E-state index in [9.17, 15) is 24.0 Å². The second kappa shape index (κ2) is 13.1. The predicted octanol–water partition coefficient (Wildman–Crippen LogP) is 5.83. The van der Waals surface area contributed by atoms with Crippen LogP contribution in [0.15, 0.2) is 82.6 Å². The maximum absolute atomic E-state index is 14.3. The van der Waals surface area contributed by atoms with E-state index in [1.807, 2.05) is 24.3 Å². The third kappa shape index (κ3) is 6.17. The Balaban J connectivity index is 1.37. The Labute approximate surface area is 286 Å². The van der Waals surface area contributed by atoms with Gasteiger partial charge in [0, 0.05) is 16.5 Å². The van der Waals surface area contributed by atoms with E-state index in [-0.39, 0.29) is 29.3 Å². The summed E-state index contributed by atoms with van der Waals surface area (Å²) in [5, 5.41) is 2.48. The third-order valence-electron chi connectivity index (χ3n) is 8.50. The fourth-order valence-corrected chi connectivity index (χ4v) is 8.81. The zero-order valence-electron chi connectivity index (χ0n) is 27.1. The summed E-state index contributed by atoms with van der Waals surface area (Å²) in [7, 11) is 1.55. The summed E-state index contributed by atoms with van der Waals surface area (Å²) < 4.78 is 11.7. The summed E-state index contributed by atoms with van der Waals surface area (Å²) in [6, 6.07) is 21.0. The second-order valence-corrected chi connectivity index (χ2v) is 14.7. The van der Waals surface area contributed by atoms with Crippen molar-refractivity contribution in [2.75, 3.05) is 23.9 Å². The number of thioether (sulfide) groups is 1. The molecule has 0 aliphatic carbocycles. The van der Waals surface area contributed by atoms with Crippen molar-refractivity contribution in [3.63, 3.8) is 0 Å². The number of imide groups is 1. The van der Waals surface area contributed by atoms with Crippen LogP contribution >= 0.6 is 23.1 Å². The molecule has 3 atom stereocenters. The first-order chi connectivity index (χ1) is 22.9. The van der Waals surface area contributed by atoms with E-state index in [0.29, 0.717) is 32.6 Å². The summed E-state index contributed by atoms with van der Waals surface area (Å²) in [6.07, 6.45) is 0. The molecule has 2 aliphatic rings. The number of methoxy groups -OCH3 is 1. The Morgan fingerprint density at radius 2 is 1.56 bits per heavy atom. The summed E-state index contributed by atoms with van der Waals surface area (Å²) in [5.74, 6) is -2.46. The SMILES string of the molecule is CCOC(=O)c1ccc(N2C(=O)C3Sc4c(sc(=O)n4CC(=O)Nc4ccc(OC)cc4)[C@@H](c4ccc(C(C)(C)C)cc4)C3C2=O)cc1. The number of anilines is 2. The van der Waals surface area contributed by atoms with Crippen LogP contribution in [0.25, 0.3) is 0 Å². The highest BCUT2D eigenvalue weighted by molar-refractivity contribution is 8.00. The van der Waals surface area contributed by atoms with E-state index in [2.05, 4.69) is 26.1 Å². The lowest BCUT2D eigenvalue weighted by molar-refractivity contribution is -0.122. The minimum absolute atomic E-state index is 0.105. The van der Waals surface area contributed by atoms with Crippen LogP contribution in [-0.4, -0.2) is 47.2 Å². The van der Waals surface area contributed by atoms with Gasteiger partial charge in [-0.25, -0.2) is 9.69 Å². The fourth-order valence-electron chi connectivity index (χ4n) is 6.04. The minimum Gasteiger partial charge on any atom is -0.497 e. The molecule has 248 valence electrons. The number of aromatic nitrogens is 1. The number of nitrogens with one attached hydrogen (secondary N) is 1. The van der Waals surface area contributed by atoms with Crippen LogP contribution in [-0.2, 0) is 31.1 Å². The van der Waals surface area contributed by atoms with Crippen molar-refractivity contribution in [3.8, 4) is 5.75 Å². The minimum atomic E-state index is -0.841. The summed E-state index contributed by atoms with van der Waals surface area (Å²) in [6.45, 7) is 8.01. The summed E-state index contributed by atoms with van der Waals surface area (Å²) in [5.41, 5.74) is 2.99. The van der Waals surface area contributed by atoms with Crippen LogP contribution in [0.3, 0.4) is 0 Å². The van der Waals surface area contributed by atoms with Crippen molar-refractivity contribution in [3.05, 3.63) is 104 Å². The van der Waals surface area contributed by atoms with Crippen molar-refractivity contribution in [1.82, 2.24) is 4.57 Å². The van der Waals surface area contributed by atoms with E-state index in [0.717, 1.165) is 34.2 Å². The van der Waals surface area contributed by atoms with Crippen LogP contribution in [0, 0.1) is 5.92 Å². The lowest BCUT2D eigenvalue weighted by Crippen LogP contribution is -2.33. The standard InChI is InChI=1S/C36H35N3O7S2/c1-6-46-34(43)21-9-15-24(16-10-21)39-31(41)28-27(20-7-11-22(12-8-20)36(2,3)4)30-33(47-29(28)32(39)42)38(35(44)48-30)19-26(40)37-23-13-17-25(45-5)18-14-23/h7-18,27-29H,6,19H2,1-5H3,(H,37,40)/t27-,28?,29?/m0/s1. The molecule has 12 heteroatoms. The monoisotopic (exact) mass is 685 g/mol. The molecule has 0 radical (unpaired) electrons. The van der Waals surface area contributed by atoms with Crippen LogP contribution in [0.1, 0.15) is 60.0 Å².